The Balaban J connectivity index is 1.88. The monoisotopic (exact) mass is 288 g/mol. The van der Waals surface area contributed by atoms with E-state index in [9.17, 15) is 9.90 Å². The molecular weight excluding hydrogens is 264 g/mol. The van der Waals surface area contributed by atoms with E-state index in [1.54, 1.807) is 18.2 Å². The normalized spacial score (nSPS) is 21.5. The summed E-state index contributed by atoms with van der Waals surface area (Å²) in [5.74, 6) is 0.362. The molecule has 4 heteroatoms. The number of nitrogens with zero attached hydrogens (tertiary/aromatic N) is 1. The molecule has 114 valence electrons. The Morgan fingerprint density at radius 2 is 2.05 bits per heavy atom. The Hall–Kier alpha value is -1.55. The molecular formula is C17H24N2O2. The average molecular weight is 288 g/mol. The molecule has 0 radical (unpaired) electrons. The van der Waals surface area contributed by atoms with Crippen LogP contribution >= 0.6 is 0 Å². The number of rotatable bonds is 1. The molecule has 4 nitrogen and oxygen atoms in total. The molecule has 0 aromatic heterocycles. The van der Waals surface area contributed by atoms with Crippen LogP contribution in [0.4, 0.5) is 0 Å². The van der Waals surface area contributed by atoms with Crippen molar-refractivity contribution in [1.29, 1.82) is 0 Å². The van der Waals surface area contributed by atoms with Gasteiger partial charge in [-0.15, -0.1) is 0 Å². The van der Waals surface area contributed by atoms with Crippen molar-refractivity contribution in [1.82, 2.24) is 10.2 Å². The molecule has 0 unspecified atom stereocenters. The van der Waals surface area contributed by atoms with Gasteiger partial charge in [0.05, 0.1) is 5.54 Å². The van der Waals surface area contributed by atoms with E-state index < -0.39 is 0 Å². The lowest BCUT2D eigenvalue weighted by molar-refractivity contribution is 0.0222. The number of carbonyl (C=O) groups excluding carboxylic acids is 1. The van der Waals surface area contributed by atoms with E-state index in [0.717, 1.165) is 38.0 Å². The van der Waals surface area contributed by atoms with Crippen LogP contribution < -0.4 is 5.32 Å². The summed E-state index contributed by atoms with van der Waals surface area (Å²) in [5.41, 5.74) is 1.45. The summed E-state index contributed by atoms with van der Waals surface area (Å²) in [6.45, 7) is 4.39. The van der Waals surface area contributed by atoms with Crippen LogP contribution in [-0.2, 0) is 0 Å². The highest BCUT2D eigenvalue weighted by atomic mass is 16.3. The van der Waals surface area contributed by atoms with Crippen LogP contribution in [0.25, 0.3) is 0 Å². The van der Waals surface area contributed by atoms with Crippen molar-refractivity contribution in [2.24, 2.45) is 0 Å². The fourth-order valence-electron chi connectivity index (χ4n) is 3.76. The van der Waals surface area contributed by atoms with Crippen molar-refractivity contribution >= 4 is 5.91 Å². The van der Waals surface area contributed by atoms with Gasteiger partial charge in [-0.2, -0.15) is 0 Å². The van der Waals surface area contributed by atoms with Crippen LogP contribution in [-0.4, -0.2) is 41.1 Å². The van der Waals surface area contributed by atoms with Gasteiger partial charge in [-0.3, -0.25) is 4.79 Å². The molecule has 1 amide bonds. The quantitative estimate of drug-likeness (QED) is 0.834. The summed E-state index contributed by atoms with van der Waals surface area (Å²) in [6, 6.07) is 5.16. The van der Waals surface area contributed by atoms with Crippen LogP contribution in [0.2, 0.25) is 0 Å². The van der Waals surface area contributed by atoms with Crippen molar-refractivity contribution in [3.63, 3.8) is 0 Å². The standard InChI is InChI=1S/C17H24N2O2/c1-13-11-14(5-6-15(13)20)16(21)19-10-9-18-12-17(19)7-3-2-4-8-17/h5-6,11,18,20H,2-4,7-10,12H2,1H3. The number of piperazine rings is 1. The van der Waals surface area contributed by atoms with Crippen molar-refractivity contribution in [2.75, 3.05) is 19.6 Å². The molecule has 1 saturated heterocycles. The third kappa shape index (κ3) is 2.64. The maximum Gasteiger partial charge on any atom is 0.254 e. The first-order valence-corrected chi connectivity index (χ1v) is 7.95. The molecule has 2 fully saturated rings. The summed E-state index contributed by atoms with van der Waals surface area (Å²) in [7, 11) is 0. The maximum atomic E-state index is 13.0. The van der Waals surface area contributed by atoms with Crippen LogP contribution in [0.1, 0.15) is 48.0 Å². The predicted molar refractivity (Wildman–Crippen MR) is 82.6 cm³/mol. The summed E-state index contributed by atoms with van der Waals surface area (Å²) in [5, 5.41) is 13.1. The fraction of sp³-hybridized carbons (Fsp3) is 0.588. The zero-order chi connectivity index (χ0) is 14.9. The molecule has 1 saturated carbocycles. The Morgan fingerprint density at radius 1 is 1.29 bits per heavy atom. The van der Waals surface area contributed by atoms with E-state index in [4.69, 9.17) is 0 Å². The molecule has 0 bridgehead atoms. The molecule has 21 heavy (non-hydrogen) atoms. The number of amides is 1. The summed E-state index contributed by atoms with van der Waals surface area (Å²) in [4.78, 5) is 15.0. The van der Waals surface area contributed by atoms with Gasteiger partial charge in [0.1, 0.15) is 5.75 Å². The van der Waals surface area contributed by atoms with Gasteiger partial charge in [0.25, 0.3) is 5.91 Å². The van der Waals surface area contributed by atoms with E-state index in [1.165, 1.54) is 19.3 Å². The minimum Gasteiger partial charge on any atom is -0.508 e. The van der Waals surface area contributed by atoms with Gasteiger partial charge in [0.15, 0.2) is 0 Å². The SMILES string of the molecule is Cc1cc(C(=O)N2CCNCC23CCCCC3)ccc1O. The second kappa shape index (κ2) is 5.68. The molecule has 1 heterocycles. The van der Waals surface area contributed by atoms with Gasteiger partial charge in [-0.1, -0.05) is 19.3 Å². The van der Waals surface area contributed by atoms with Gasteiger partial charge < -0.3 is 15.3 Å². The molecule has 2 N–H and O–H groups in total. The largest absolute Gasteiger partial charge is 0.508 e. The number of aryl methyl sites for hydroxylation is 1. The molecule has 1 aromatic carbocycles. The van der Waals surface area contributed by atoms with E-state index >= 15 is 0 Å². The first kappa shape index (κ1) is 14.4. The second-order valence-corrected chi connectivity index (χ2v) is 6.42. The Bertz CT molecular complexity index is 527. The Kier molecular flexibility index (Phi) is 3.89. The van der Waals surface area contributed by atoms with Gasteiger partial charge in [0, 0.05) is 25.2 Å². The number of aromatic hydroxyl groups is 1. The van der Waals surface area contributed by atoms with E-state index in [-0.39, 0.29) is 17.2 Å². The number of phenols is 1. The lowest BCUT2D eigenvalue weighted by Crippen LogP contribution is -2.63. The van der Waals surface area contributed by atoms with E-state index in [0.29, 0.717) is 5.56 Å². The maximum absolute atomic E-state index is 13.0. The first-order valence-electron chi connectivity index (χ1n) is 7.95. The first-order chi connectivity index (χ1) is 10.1. The number of hydrogen-bond donors (Lipinski definition) is 2. The molecule has 3 rings (SSSR count). The molecule has 1 spiro atoms. The molecule has 1 aliphatic heterocycles. The zero-order valence-electron chi connectivity index (χ0n) is 12.7. The Labute approximate surface area is 126 Å². The number of hydrogen-bond acceptors (Lipinski definition) is 3. The van der Waals surface area contributed by atoms with Gasteiger partial charge in [-0.05, 0) is 43.5 Å². The summed E-state index contributed by atoms with van der Waals surface area (Å²) >= 11 is 0. The van der Waals surface area contributed by atoms with Crippen molar-refractivity contribution in [3.05, 3.63) is 29.3 Å². The minimum absolute atomic E-state index is 0.000621. The van der Waals surface area contributed by atoms with Gasteiger partial charge in [0.2, 0.25) is 0 Å². The van der Waals surface area contributed by atoms with Crippen molar-refractivity contribution in [2.45, 2.75) is 44.6 Å². The second-order valence-electron chi connectivity index (χ2n) is 6.42. The minimum atomic E-state index is -0.000621. The van der Waals surface area contributed by atoms with Gasteiger partial charge >= 0.3 is 0 Å². The number of carbonyl (C=O) groups is 1. The molecule has 1 aliphatic carbocycles. The highest BCUT2D eigenvalue weighted by molar-refractivity contribution is 5.95. The lowest BCUT2D eigenvalue weighted by Gasteiger charge is -2.49. The van der Waals surface area contributed by atoms with Crippen molar-refractivity contribution < 1.29 is 9.90 Å². The third-order valence-electron chi connectivity index (χ3n) is 5.01. The van der Waals surface area contributed by atoms with Crippen LogP contribution in [0.3, 0.4) is 0 Å². The number of benzene rings is 1. The van der Waals surface area contributed by atoms with Crippen LogP contribution in [0, 0.1) is 6.92 Å². The van der Waals surface area contributed by atoms with E-state index in [2.05, 4.69) is 10.2 Å². The molecule has 0 atom stereocenters. The van der Waals surface area contributed by atoms with E-state index in [1.807, 2.05) is 6.92 Å². The highest BCUT2D eigenvalue weighted by Crippen LogP contribution is 2.35. The molecule has 1 aromatic rings. The van der Waals surface area contributed by atoms with Crippen LogP contribution in [0.15, 0.2) is 18.2 Å². The average Bonchev–Trinajstić information content (AvgIpc) is 2.51. The van der Waals surface area contributed by atoms with Crippen LogP contribution in [0.5, 0.6) is 5.75 Å². The van der Waals surface area contributed by atoms with Gasteiger partial charge in [-0.25, -0.2) is 0 Å². The Morgan fingerprint density at radius 3 is 2.76 bits per heavy atom. The number of nitrogens with one attached hydrogen (secondary N) is 1. The highest BCUT2D eigenvalue weighted by Gasteiger charge is 2.42. The topological polar surface area (TPSA) is 52.6 Å². The lowest BCUT2D eigenvalue weighted by atomic mass is 9.78. The predicted octanol–water partition coefficient (Wildman–Crippen LogP) is 2.45. The smallest absolute Gasteiger partial charge is 0.254 e. The summed E-state index contributed by atoms with van der Waals surface area (Å²) in [6.07, 6.45) is 5.90. The van der Waals surface area contributed by atoms with Crippen molar-refractivity contribution in [3.8, 4) is 5.75 Å². The number of phenolic OH excluding ortho intramolecular Hbond substituents is 1. The zero-order valence-corrected chi connectivity index (χ0v) is 12.7. The molecule has 2 aliphatic rings. The third-order valence-corrected chi connectivity index (χ3v) is 5.01. The fourth-order valence-corrected chi connectivity index (χ4v) is 3.76. The summed E-state index contributed by atoms with van der Waals surface area (Å²) < 4.78 is 0.